The van der Waals surface area contributed by atoms with Crippen LogP contribution in [0.5, 0.6) is 0 Å². The molecule has 0 saturated carbocycles. The van der Waals surface area contributed by atoms with Gasteiger partial charge in [0.2, 0.25) is 0 Å². The fraction of sp³-hybridized carbons (Fsp3) is 0.667. The van der Waals surface area contributed by atoms with Crippen molar-refractivity contribution in [2.24, 2.45) is 5.92 Å². The second-order valence-electron chi connectivity index (χ2n) is 3.43. The molecular formula is C9H15ClN2S. The van der Waals surface area contributed by atoms with Gasteiger partial charge in [-0.2, -0.15) is 0 Å². The average molecular weight is 219 g/mol. The van der Waals surface area contributed by atoms with E-state index in [2.05, 4.69) is 24.1 Å². The summed E-state index contributed by atoms with van der Waals surface area (Å²) in [5, 5.41) is 6.38. The third-order valence-electron chi connectivity index (χ3n) is 1.79. The summed E-state index contributed by atoms with van der Waals surface area (Å²) < 4.78 is 0. The van der Waals surface area contributed by atoms with Gasteiger partial charge in [0.15, 0.2) is 5.13 Å². The van der Waals surface area contributed by atoms with Crippen LogP contribution in [0.3, 0.4) is 0 Å². The van der Waals surface area contributed by atoms with Gasteiger partial charge in [0.25, 0.3) is 0 Å². The van der Waals surface area contributed by atoms with Gasteiger partial charge in [0.1, 0.15) is 0 Å². The monoisotopic (exact) mass is 218 g/mol. The largest absolute Gasteiger partial charge is 0.360 e. The van der Waals surface area contributed by atoms with E-state index in [1.54, 1.807) is 11.3 Å². The highest BCUT2D eigenvalue weighted by Gasteiger charge is 2.09. The standard InChI is InChI=1S/C9H15ClN2S/c1-6(2)8(10)4-11-9-12-7(3)5-13-9/h5-6,8H,4H2,1-3H3,(H,11,12). The molecule has 1 aromatic heterocycles. The smallest absolute Gasteiger partial charge is 0.182 e. The van der Waals surface area contributed by atoms with Gasteiger partial charge in [-0.15, -0.1) is 22.9 Å². The Bertz CT molecular complexity index is 260. The lowest BCUT2D eigenvalue weighted by Crippen LogP contribution is -2.19. The molecule has 0 radical (unpaired) electrons. The molecule has 2 nitrogen and oxygen atoms in total. The summed E-state index contributed by atoms with van der Waals surface area (Å²) in [5.41, 5.74) is 1.06. The lowest BCUT2D eigenvalue weighted by molar-refractivity contribution is 0.616. The first kappa shape index (κ1) is 10.8. The Labute approximate surface area is 88.3 Å². The van der Waals surface area contributed by atoms with Crippen molar-refractivity contribution >= 4 is 28.1 Å². The van der Waals surface area contributed by atoms with E-state index in [-0.39, 0.29) is 5.38 Å². The second-order valence-corrected chi connectivity index (χ2v) is 4.85. The van der Waals surface area contributed by atoms with Crippen molar-refractivity contribution in [2.45, 2.75) is 26.1 Å². The number of anilines is 1. The van der Waals surface area contributed by atoms with Crippen LogP contribution in [0.15, 0.2) is 5.38 Å². The minimum absolute atomic E-state index is 0.171. The molecule has 0 fully saturated rings. The average Bonchev–Trinajstić information content (AvgIpc) is 2.47. The Balaban J connectivity index is 2.35. The number of thiazole rings is 1. The maximum Gasteiger partial charge on any atom is 0.182 e. The molecular weight excluding hydrogens is 204 g/mol. The molecule has 74 valence electrons. The molecule has 0 saturated heterocycles. The van der Waals surface area contributed by atoms with Crippen molar-refractivity contribution < 1.29 is 0 Å². The number of rotatable bonds is 4. The maximum absolute atomic E-state index is 6.09. The number of hydrogen-bond donors (Lipinski definition) is 1. The molecule has 1 aromatic rings. The molecule has 0 aromatic carbocycles. The van der Waals surface area contributed by atoms with Crippen LogP contribution in [-0.4, -0.2) is 16.9 Å². The minimum atomic E-state index is 0.171. The number of nitrogens with zero attached hydrogens (tertiary/aromatic N) is 1. The molecule has 0 aliphatic rings. The Morgan fingerprint density at radius 1 is 1.62 bits per heavy atom. The van der Waals surface area contributed by atoms with Crippen molar-refractivity contribution in [3.63, 3.8) is 0 Å². The molecule has 1 unspecified atom stereocenters. The Kier molecular flexibility index (Phi) is 4.00. The van der Waals surface area contributed by atoms with Crippen molar-refractivity contribution in [3.05, 3.63) is 11.1 Å². The van der Waals surface area contributed by atoms with Crippen molar-refractivity contribution in [1.29, 1.82) is 0 Å². The summed E-state index contributed by atoms with van der Waals surface area (Å²) in [6, 6.07) is 0. The third-order valence-corrected chi connectivity index (χ3v) is 3.37. The highest BCUT2D eigenvalue weighted by atomic mass is 35.5. The highest BCUT2D eigenvalue weighted by Crippen LogP contribution is 2.16. The third kappa shape index (κ3) is 3.53. The van der Waals surface area contributed by atoms with E-state index in [1.807, 2.05) is 12.3 Å². The zero-order valence-corrected chi connectivity index (χ0v) is 9.75. The van der Waals surface area contributed by atoms with Gasteiger partial charge >= 0.3 is 0 Å². The van der Waals surface area contributed by atoms with Gasteiger partial charge in [-0.25, -0.2) is 4.98 Å². The van der Waals surface area contributed by atoms with Gasteiger partial charge in [0.05, 0.1) is 11.1 Å². The molecule has 0 bridgehead atoms. The highest BCUT2D eigenvalue weighted by molar-refractivity contribution is 7.13. The van der Waals surface area contributed by atoms with E-state index in [9.17, 15) is 0 Å². The van der Waals surface area contributed by atoms with Crippen LogP contribution in [0.25, 0.3) is 0 Å². The lowest BCUT2D eigenvalue weighted by atomic mass is 10.1. The van der Waals surface area contributed by atoms with Crippen LogP contribution < -0.4 is 5.32 Å². The fourth-order valence-corrected chi connectivity index (χ4v) is 1.63. The second kappa shape index (κ2) is 4.82. The van der Waals surface area contributed by atoms with Crippen LogP contribution in [0.4, 0.5) is 5.13 Å². The molecule has 1 atom stereocenters. The van der Waals surface area contributed by atoms with Crippen LogP contribution in [0, 0.1) is 12.8 Å². The predicted octanol–water partition coefficient (Wildman–Crippen LogP) is 3.13. The molecule has 0 amide bonds. The summed E-state index contributed by atoms with van der Waals surface area (Å²) in [7, 11) is 0. The summed E-state index contributed by atoms with van der Waals surface area (Å²) in [4.78, 5) is 4.29. The van der Waals surface area contributed by atoms with Gasteiger partial charge in [-0.3, -0.25) is 0 Å². The molecule has 0 spiro atoms. The van der Waals surface area contributed by atoms with Crippen molar-refractivity contribution in [1.82, 2.24) is 4.98 Å². The van der Waals surface area contributed by atoms with E-state index in [0.29, 0.717) is 5.92 Å². The van der Waals surface area contributed by atoms with E-state index < -0.39 is 0 Å². The molecule has 4 heteroatoms. The summed E-state index contributed by atoms with van der Waals surface area (Å²) in [6.45, 7) is 7.01. The zero-order chi connectivity index (χ0) is 9.84. The van der Waals surface area contributed by atoms with E-state index in [1.165, 1.54) is 0 Å². The number of alkyl halides is 1. The van der Waals surface area contributed by atoms with E-state index >= 15 is 0 Å². The van der Waals surface area contributed by atoms with Gasteiger partial charge in [-0.05, 0) is 12.8 Å². The van der Waals surface area contributed by atoms with Crippen LogP contribution in [-0.2, 0) is 0 Å². The van der Waals surface area contributed by atoms with Crippen molar-refractivity contribution in [2.75, 3.05) is 11.9 Å². The molecule has 0 aliphatic heterocycles. The first-order valence-electron chi connectivity index (χ1n) is 4.39. The Hall–Kier alpha value is -0.280. The fourth-order valence-electron chi connectivity index (χ4n) is 0.856. The number of nitrogens with one attached hydrogen (secondary N) is 1. The summed E-state index contributed by atoms with van der Waals surface area (Å²) in [5.74, 6) is 0.496. The first-order chi connectivity index (χ1) is 6.09. The SMILES string of the molecule is Cc1csc(NCC(Cl)C(C)C)n1. The topological polar surface area (TPSA) is 24.9 Å². The number of hydrogen-bond acceptors (Lipinski definition) is 3. The van der Waals surface area contributed by atoms with Gasteiger partial charge < -0.3 is 5.32 Å². The lowest BCUT2D eigenvalue weighted by Gasteiger charge is -2.12. The summed E-state index contributed by atoms with van der Waals surface area (Å²) >= 11 is 7.71. The van der Waals surface area contributed by atoms with Gasteiger partial charge in [-0.1, -0.05) is 13.8 Å². The van der Waals surface area contributed by atoms with Crippen molar-refractivity contribution in [3.8, 4) is 0 Å². The summed E-state index contributed by atoms with van der Waals surface area (Å²) in [6.07, 6.45) is 0. The molecule has 1 rings (SSSR count). The molecule has 1 N–H and O–H groups in total. The van der Waals surface area contributed by atoms with E-state index in [0.717, 1.165) is 17.4 Å². The van der Waals surface area contributed by atoms with Crippen LogP contribution >= 0.6 is 22.9 Å². The minimum Gasteiger partial charge on any atom is -0.360 e. The number of aromatic nitrogens is 1. The quantitative estimate of drug-likeness (QED) is 0.786. The van der Waals surface area contributed by atoms with Crippen LogP contribution in [0.1, 0.15) is 19.5 Å². The normalized spacial score (nSPS) is 13.3. The van der Waals surface area contributed by atoms with E-state index in [4.69, 9.17) is 11.6 Å². The zero-order valence-electron chi connectivity index (χ0n) is 8.17. The van der Waals surface area contributed by atoms with Gasteiger partial charge in [0, 0.05) is 11.9 Å². The number of aryl methyl sites for hydroxylation is 1. The maximum atomic E-state index is 6.09. The first-order valence-corrected chi connectivity index (χ1v) is 5.71. The predicted molar refractivity (Wildman–Crippen MR) is 59.8 cm³/mol. The number of halogens is 1. The molecule has 0 aliphatic carbocycles. The Morgan fingerprint density at radius 2 is 2.31 bits per heavy atom. The molecule has 13 heavy (non-hydrogen) atoms. The van der Waals surface area contributed by atoms with Crippen LogP contribution in [0.2, 0.25) is 0 Å². The Morgan fingerprint density at radius 3 is 2.77 bits per heavy atom. The molecule has 1 heterocycles.